The summed E-state index contributed by atoms with van der Waals surface area (Å²) in [5.74, 6) is -1.77. The zero-order valence-corrected chi connectivity index (χ0v) is 64.6. The van der Waals surface area contributed by atoms with E-state index in [1.54, 1.807) is 106 Å². The molecular formula is C73H77F3N15O22P3. The number of para-hydroxylation sites is 1. The van der Waals surface area contributed by atoms with Crippen LogP contribution in [0.25, 0.3) is 33.5 Å². The lowest BCUT2D eigenvalue weighted by Crippen LogP contribution is -2.15. The number of anilines is 3. The van der Waals surface area contributed by atoms with Crippen molar-refractivity contribution < 1.29 is 102 Å². The van der Waals surface area contributed by atoms with Crippen LogP contribution in [0.3, 0.4) is 0 Å². The summed E-state index contributed by atoms with van der Waals surface area (Å²) in [5, 5.41) is 0. The number of carbonyl (C=O) groups is 3. The number of aromatic amines is 3. The molecule has 0 radical (unpaired) electrons. The molecule has 0 aliphatic heterocycles. The van der Waals surface area contributed by atoms with Crippen LogP contribution in [-0.4, -0.2) is 136 Å². The topological polar surface area (TPSA) is 491 Å². The number of aryl methyl sites for hydroxylation is 2. The smallest absolute Gasteiger partial charge is 0.426 e. The van der Waals surface area contributed by atoms with E-state index < -0.39 is 101 Å². The summed E-state index contributed by atoms with van der Waals surface area (Å²) in [6.45, 7) is 2.54. The number of H-pyrrole nitrogens is 3. The van der Waals surface area contributed by atoms with Crippen LogP contribution in [0.2, 0.25) is 0 Å². The molecule has 6 heterocycles. The number of nitrogens with one attached hydrogen (secondary N) is 3. The molecule has 37 nitrogen and oxygen atoms in total. The molecule has 0 saturated heterocycles. The van der Waals surface area contributed by atoms with Crippen LogP contribution < -0.4 is 48.1 Å². The van der Waals surface area contributed by atoms with Gasteiger partial charge in [-0.25, -0.2) is 32.9 Å². The number of carbonyl (C=O) groups excluding carboxylic acids is 3. The first kappa shape index (κ1) is 86.5. The van der Waals surface area contributed by atoms with Crippen molar-refractivity contribution in [2.24, 2.45) is 0 Å². The van der Waals surface area contributed by atoms with E-state index in [4.69, 9.17) is 77.5 Å². The predicted octanol–water partition coefficient (Wildman–Crippen LogP) is 10.5. The molecule has 612 valence electrons. The van der Waals surface area contributed by atoms with E-state index in [-0.39, 0.29) is 142 Å². The van der Waals surface area contributed by atoms with Crippen molar-refractivity contribution in [3.63, 3.8) is 0 Å². The molecule has 116 heavy (non-hydrogen) atoms. The van der Waals surface area contributed by atoms with E-state index in [1.165, 1.54) is 78.1 Å². The number of nitrogen functional groups attached to an aromatic ring is 3. The average Bonchev–Trinajstić information content (AvgIpc) is 1.67. The van der Waals surface area contributed by atoms with Gasteiger partial charge in [0, 0.05) is 19.6 Å². The maximum absolute atomic E-state index is 13.5. The van der Waals surface area contributed by atoms with Gasteiger partial charge >= 0.3 is 40.9 Å². The summed E-state index contributed by atoms with van der Waals surface area (Å²) in [4.78, 5) is 103. The van der Waals surface area contributed by atoms with Gasteiger partial charge in [0.1, 0.15) is 53.7 Å². The number of esters is 2. The van der Waals surface area contributed by atoms with Crippen LogP contribution in [-0.2, 0) is 109 Å². The predicted molar refractivity (Wildman–Crippen MR) is 411 cm³/mol. The first-order valence-electron chi connectivity index (χ1n) is 34.9. The monoisotopic (exact) mass is 1670 g/mol. The number of rotatable bonds is 38. The quantitative estimate of drug-likeness (QED) is 0.00523. The van der Waals surface area contributed by atoms with Crippen molar-refractivity contribution in [3.8, 4) is 17.2 Å². The molecule has 0 aliphatic carbocycles. The van der Waals surface area contributed by atoms with E-state index in [2.05, 4.69) is 44.9 Å². The highest BCUT2D eigenvalue weighted by Crippen LogP contribution is 2.51. The van der Waals surface area contributed by atoms with Gasteiger partial charge < -0.3 is 86.7 Å². The van der Waals surface area contributed by atoms with Gasteiger partial charge in [-0.05, 0) is 103 Å². The minimum Gasteiger partial charge on any atom is -0.426 e. The Morgan fingerprint density at radius 2 is 0.750 bits per heavy atom. The third kappa shape index (κ3) is 27.1. The van der Waals surface area contributed by atoms with Gasteiger partial charge in [-0.3, -0.25) is 57.1 Å². The van der Waals surface area contributed by atoms with Crippen LogP contribution in [0.5, 0.6) is 17.2 Å². The minimum absolute atomic E-state index is 0.00652. The summed E-state index contributed by atoms with van der Waals surface area (Å²) in [7, 11) is -11.8. The maximum atomic E-state index is 13.5. The number of halogens is 3. The van der Waals surface area contributed by atoms with Gasteiger partial charge in [0.15, 0.2) is 33.5 Å². The number of aromatic nitrogens is 12. The minimum atomic E-state index is -4.00. The number of ether oxygens (including phenoxy) is 7. The molecule has 3 atom stereocenters. The largest absolute Gasteiger partial charge is 0.515 e. The van der Waals surface area contributed by atoms with E-state index in [9.17, 15) is 55.6 Å². The first-order chi connectivity index (χ1) is 55.7. The number of hydrogen-bond acceptors (Lipinski definition) is 31. The SMILES string of the molecule is Cc1ccc(OC(=O)CCOP(=O)(COCCn2cnc3c(=O)[nH]c(N)nc32)OCc2cccc(F)c2)cc1.Cc1ccc(OC(=O)CCOP(=O)(COCCn2cnc3c(=O)[nH]c(N)nc32)OCc2cccc(F)c2)cc1.Nc1nc2c(ncn2CCOCP(=O)(OCOC(=O)Oc2ccccc2)OCc2cccc(F)c2)c(=O)[nH]1. The molecule has 9 N–H and O–H groups in total. The Hall–Kier alpha value is -11.9. The Labute approximate surface area is 656 Å². The van der Waals surface area contributed by atoms with Gasteiger partial charge in [-0.1, -0.05) is 90.0 Å². The summed E-state index contributed by atoms with van der Waals surface area (Å²) in [6.07, 6.45) is 1.32. The second-order valence-electron chi connectivity index (χ2n) is 24.6. The molecule has 12 rings (SSSR count). The summed E-state index contributed by atoms with van der Waals surface area (Å²) >= 11 is 0. The second kappa shape index (κ2) is 41.9. The third-order valence-electron chi connectivity index (χ3n) is 15.7. The second-order valence-corrected chi connectivity index (χ2v) is 30.6. The molecule has 0 fully saturated rings. The summed E-state index contributed by atoms with van der Waals surface area (Å²) in [5.41, 5.74) is 19.8. The van der Waals surface area contributed by atoms with Gasteiger partial charge in [0.2, 0.25) is 24.6 Å². The van der Waals surface area contributed by atoms with Crippen molar-refractivity contribution in [2.45, 2.75) is 66.1 Å². The number of nitrogens with two attached hydrogens (primary N) is 3. The molecule has 12 aromatic rings. The Bertz CT molecular complexity index is 5430. The molecule has 6 aromatic heterocycles. The van der Waals surface area contributed by atoms with Crippen molar-refractivity contribution in [1.82, 2.24) is 58.6 Å². The normalized spacial score (nSPS) is 12.8. The Morgan fingerprint density at radius 1 is 0.414 bits per heavy atom. The van der Waals surface area contributed by atoms with Crippen molar-refractivity contribution in [3.05, 3.63) is 247 Å². The van der Waals surface area contributed by atoms with Crippen LogP contribution in [0.4, 0.5) is 35.8 Å². The van der Waals surface area contributed by atoms with Gasteiger partial charge in [-0.2, -0.15) is 15.0 Å². The molecule has 0 amide bonds. The molecule has 0 bridgehead atoms. The van der Waals surface area contributed by atoms with Gasteiger partial charge in [0.25, 0.3) is 16.7 Å². The summed E-state index contributed by atoms with van der Waals surface area (Å²) in [6, 6.07) is 38.8. The molecule has 0 aliphatic rings. The molecule has 0 saturated carbocycles. The van der Waals surface area contributed by atoms with E-state index in [0.29, 0.717) is 28.2 Å². The zero-order valence-electron chi connectivity index (χ0n) is 61.9. The third-order valence-corrected chi connectivity index (χ3v) is 20.4. The number of nitrogens with zero attached hydrogens (tertiary/aromatic N) is 9. The van der Waals surface area contributed by atoms with Gasteiger partial charge in [-0.15, -0.1) is 0 Å². The fraction of sp³-hybridized carbons (Fsp3) is 0.260. The zero-order chi connectivity index (χ0) is 82.6. The lowest BCUT2D eigenvalue weighted by molar-refractivity contribution is -0.136. The standard InChI is InChI=1S/2C25H27FN5O7P.C23H23FN5O8P/c2*1-17-5-7-20(8-6-17)38-21(32)9-11-36-39(34,37-14-18-3-2-4-19(26)13-18)16-35-12-10-31-15-28-22-23(31)29-25(27)30-24(22)33;24-17-6-4-5-16(11-17)12-35-38(32,36-14-34-23(31)37-18-7-2-1-3-8-18)15-33-10-9-29-13-26-19-20(29)27-22(25)28-21(19)30/h2*2-8,13,15H,9-12,14,16H2,1H3,(H3,27,29,30,33);1-8,11,13H,9-10,12,14-15H2,(H3,25,27,28,30). The fourth-order valence-corrected chi connectivity index (χ4v) is 13.8. The molecule has 3 unspecified atom stereocenters. The first-order valence-corrected chi connectivity index (χ1v) is 40.1. The van der Waals surface area contributed by atoms with E-state index in [1.807, 2.05) is 13.8 Å². The Kier molecular flexibility index (Phi) is 31.3. The van der Waals surface area contributed by atoms with Crippen LogP contribution in [0.15, 0.2) is 185 Å². The van der Waals surface area contributed by atoms with Crippen molar-refractivity contribution >= 4 is 92.2 Å². The maximum Gasteiger partial charge on any atom is 0.515 e. The van der Waals surface area contributed by atoms with Crippen molar-refractivity contribution in [2.75, 3.05) is 76.1 Å². The molecule has 43 heteroatoms. The lowest BCUT2D eigenvalue weighted by Gasteiger charge is -2.19. The number of benzene rings is 6. The van der Waals surface area contributed by atoms with E-state index in [0.717, 1.165) is 11.1 Å². The van der Waals surface area contributed by atoms with Crippen LogP contribution in [0, 0.1) is 31.3 Å². The molecule has 0 spiro atoms. The number of fused-ring (bicyclic) bond motifs is 3. The fourth-order valence-electron chi connectivity index (χ4n) is 10.0. The van der Waals surface area contributed by atoms with Crippen molar-refractivity contribution in [1.29, 1.82) is 0 Å². The highest BCUT2D eigenvalue weighted by molar-refractivity contribution is 7.54. The molecule has 6 aromatic carbocycles. The van der Waals surface area contributed by atoms with Crippen LogP contribution >= 0.6 is 22.8 Å². The number of hydrogen-bond donors (Lipinski definition) is 6. The van der Waals surface area contributed by atoms with Crippen LogP contribution in [0.1, 0.15) is 40.7 Å². The van der Waals surface area contributed by atoms with E-state index >= 15 is 0 Å². The molecular weight excluding hydrogens is 1590 g/mol. The average molecular weight is 1670 g/mol. The summed E-state index contributed by atoms with van der Waals surface area (Å²) < 4.78 is 155. The lowest BCUT2D eigenvalue weighted by atomic mass is 10.2. The Balaban J connectivity index is 0.000000184. The van der Waals surface area contributed by atoms with Gasteiger partial charge in [0.05, 0.1) is 84.7 Å². The highest BCUT2D eigenvalue weighted by atomic mass is 31.2. The number of imidazole rings is 3. The highest BCUT2D eigenvalue weighted by Gasteiger charge is 2.30. The Morgan fingerprint density at radius 3 is 1.09 bits per heavy atom.